The largest absolute Gasteiger partial charge is 0.351 e. The van der Waals surface area contributed by atoms with Crippen LogP contribution in [0.5, 0.6) is 0 Å². The Hall–Kier alpha value is -0.960. The lowest BCUT2D eigenvalue weighted by molar-refractivity contribution is -0.120. The van der Waals surface area contributed by atoms with E-state index in [4.69, 9.17) is 0 Å². The lowest BCUT2D eigenvalue weighted by Crippen LogP contribution is -2.47. The van der Waals surface area contributed by atoms with Crippen LogP contribution in [0.3, 0.4) is 0 Å². The van der Waals surface area contributed by atoms with Gasteiger partial charge in [-0.2, -0.15) is 4.31 Å². The van der Waals surface area contributed by atoms with Gasteiger partial charge in [0.2, 0.25) is 15.9 Å². The van der Waals surface area contributed by atoms with Crippen LogP contribution in [0.15, 0.2) is 29.2 Å². The third-order valence-corrected chi connectivity index (χ3v) is 6.18. The lowest BCUT2D eigenvalue weighted by atomic mass is 10.2. The molecular weight excluding hydrogens is 382 g/mol. The number of carbonyl (C=O) groups is 1. The standard InChI is InChI=1S/C15H22BrN3O3S/c1-12(16)15(20)17-11-13-3-5-14(6-4-13)23(21,22)19-9-7-18(2)8-10-19/h3-6,12H,7-11H2,1-2H3,(H,17,20). The van der Waals surface area contributed by atoms with Gasteiger partial charge in [-0.05, 0) is 31.7 Å². The summed E-state index contributed by atoms with van der Waals surface area (Å²) >= 11 is 3.20. The Kier molecular flexibility index (Phi) is 6.19. The Labute approximate surface area is 146 Å². The SMILES string of the molecule is CC(Br)C(=O)NCc1ccc(S(=O)(=O)N2CCN(C)CC2)cc1. The van der Waals surface area contributed by atoms with Crippen molar-refractivity contribution in [2.75, 3.05) is 33.2 Å². The minimum Gasteiger partial charge on any atom is -0.351 e. The van der Waals surface area contributed by atoms with E-state index in [1.165, 1.54) is 4.31 Å². The van der Waals surface area contributed by atoms with E-state index in [0.29, 0.717) is 24.5 Å². The molecule has 0 spiro atoms. The number of benzene rings is 1. The molecule has 1 aromatic carbocycles. The van der Waals surface area contributed by atoms with Crippen molar-refractivity contribution >= 4 is 31.9 Å². The second-order valence-electron chi connectivity index (χ2n) is 5.69. The fraction of sp³-hybridized carbons (Fsp3) is 0.533. The number of likely N-dealkylation sites (N-methyl/N-ethyl adjacent to an activating group) is 1. The molecule has 1 heterocycles. The second kappa shape index (κ2) is 7.74. The van der Waals surface area contributed by atoms with Crippen molar-refractivity contribution in [3.8, 4) is 0 Å². The minimum atomic E-state index is -3.44. The number of nitrogens with zero attached hydrogens (tertiary/aromatic N) is 2. The van der Waals surface area contributed by atoms with E-state index >= 15 is 0 Å². The van der Waals surface area contributed by atoms with Gasteiger partial charge in [0.05, 0.1) is 9.72 Å². The zero-order valence-electron chi connectivity index (χ0n) is 13.3. The maximum atomic E-state index is 12.6. The maximum absolute atomic E-state index is 12.6. The third-order valence-electron chi connectivity index (χ3n) is 3.85. The number of hydrogen-bond donors (Lipinski definition) is 1. The first kappa shape index (κ1) is 18.4. The highest BCUT2D eigenvalue weighted by atomic mass is 79.9. The van der Waals surface area contributed by atoms with Gasteiger partial charge in [0.25, 0.3) is 0 Å². The quantitative estimate of drug-likeness (QED) is 0.745. The van der Waals surface area contributed by atoms with Crippen LogP contribution in [0.1, 0.15) is 12.5 Å². The van der Waals surface area contributed by atoms with Crippen LogP contribution in [0.25, 0.3) is 0 Å². The highest BCUT2D eigenvalue weighted by Crippen LogP contribution is 2.18. The summed E-state index contributed by atoms with van der Waals surface area (Å²) in [7, 11) is -1.45. The summed E-state index contributed by atoms with van der Waals surface area (Å²) in [4.78, 5) is 13.7. The number of halogens is 1. The number of nitrogens with one attached hydrogen (secondary N) is 1. The van der Waals surface area contributed by atoms with Gasteiger partial charge < -0.3 is 10.2 Å². The molecule has 2 rings (SSSR count). The number of hydrogen-bond acceptors (Lipinski definition) is 4. The van der Waals surface area contributed by atoms with Crippen LogP contribution in [-0.4, -0.2) is 61.6 Å². The molecule has 23 heavy (non-hydrogen) atoms. The van der Waals surface area contributed by atoms with Crippen molar-refractivity contribution < 1.29 is 13.2 Å². The average molecular weight is 404 g/mol. The van der Waals surface area contributed by atoms with Gasteiger partial charge in [0.1, 0.15) is 0 Å². The number of rotatable bonds is 5. The van der Waals surface area contributed by atoms with Crippen LogP contribution in [0, 0.1) is 0 Å². The first-order chi connectivity index (χ1) is 10.8. The highest BCUT2D eigenvalue weighted by molar-refractivity contribution is 9.10. The van der Waals surface area contributed by atoms with Crippen molar-refractivity contribution in [1.29, 1.82) is 0 Å². The van der Waals surface area contributed by atoms with Gasteiger partial charge in [-0.25, -0.2) is 8.42 Å². The molecule has 1 amide bonds. The predicted molar refractivity (Wildman–Crippen MR) is 92.9 cm³/mol. The molecule has 1 aliphatic heterocycles. The summed E-state index contributed by atoms with van der Waals surface area (Å²) in [6, 6.07) is 6.68. The molecule has 0 saturated carbocycles. The van der Waals surface area contributed by atoms with Crippen LogP contribution in [0.2, 0.25) is 0 Å². The first-order valence-electron chi connectivity index (χ1n) is 7.50. The molecule has 1 unspecified atom stereocenters. The number of carbonyl (C=O) groups excluding carboxylic acids is 1. The second-order valence-corrected chi connectivity index (χ2v) is 9.00. The van der Waals surface area contributed by atoms with E-state index in [1.807, 2.05) is 7.05 Å². The lowest BCUT2D eigenvalue weighted by Gasteiger charge is -2.31. The Balaban J connectivity index is 2.02. The molecule has 0 bridgehead atoms. The number of sulfonamides is 1. The van der Waals surface area contributed by atoms with Gasteiger partial charge >= 0.3 is 0 Å². The molecule has 1 aliphatic rings. The van der Waals surface area contributed by atoms with E-state index in [0.717, 1.165) is 18.7 Å². The molecule has 0 aromatic heterocycles. The zero-order valence-corrected chi connectivity index (χ0v) is 15.7. The van der Waals surface area contributed by atoms with E-state index in [9.17, 15) is 13.2 Å². The molecule has 128 valence electrons. The predicted octanol–water partition coefficient (Wildman–Crippen LogP) is 1.02. The summed E-state index contributed by atoms with van der Waals surface area (Å²) in [5, 5.41) is 2.77. The number of amides is 1. The Morgan fingerprint density at radius 2 is 1.78 bits per heavy atom. The Morgan fingerprint density at radius 3 is 2.30 bits per heavy atom. The van der Waals surface area contributed by atoms with Crippen LogP contribution in [0.4, 0.5) is 0 Å². The van der Waals surface area contributed by atoms with Crippen molar-refractivity contribution in [3.63, 3.8) is 0 Å². The monoisotopic (exact) mass is 403 g/mol. The average Bonchev–Trinajstić information content (AvgIpc) is 2.53. The van der Waals surface area contributed by atoms with E-state index < -0.39 is 10.0 Å². The summed E-state index contributed by atoms with van der Waals surface area (Å²) in [6.45, 7) is 4.65. The highest BCUT2D eigenvalue weighted by Gasteiger charge is 2.27. The van der Waals surface area contributed by atoms with Crippen LogP contribution >= 0.6 is 15.9 Å². The van der Waals surface area contributed by atoms with Crippen molar-refractivity contribution in [2.45, 2.75) is 23.2 Å². The van der Waals surface area contributed by atoms with Gasteiger partial charge in [0, 0.05) is 32.7 Å². The summed E-state index contributed by atoms with van der Waals surface area (Å²) in [5.74, 6) is -0.0980. The number of alkyl halides is 1. The van der Waals surface area contributed by atoms with Gasteiger partial charge in [-0.15, -0.1) is 0 Å². The molecule has 1 aromatic rings. The normalized spacial score (nSPS) is 18.6. The summed E-state index contributed by atoms with van der Waals surface area (Å²) in [6.07, 6.45) is 0. The van der Waals surface area contributed by atoms with Crippen molar-refractivity contribution in [1.82, 2.24) is 14.5 Å². The Morgan fingerprint density at radius 1 is 1.22 bits per heavy atom. The smallest absolute Gasteiger partial charge is 0.243 e. The molecule has 0 radical (unpaired) electrons. The molecule has 1 atom stereocenters. The minimum absolute atomic E-state index is 0.0980. The fourth-order valence-electron chi connectivity index (χ4n) is 2.29. The molecule has 6 nitrogen and oxygen atoms in total. The molecule has 8 heteroatoms. The summed E-state index contributed by atoms with van der Waals surface area (Å²) < 4.78 is 26.7. The molecular formula is C15H22BrN3O3S. The van der Waals surface area contributed by atoms with Crippen molar-refractivity contribution in [3.05, 3.63) is 29.8 Å². The van der Waals surface area contributed by atoms with E-state index in [1.54, 1.807) is 31.2 Å². The molecule has 1 N–H and O–H groups in total. The molecule has 1 fully saturated rings. The zero-order chi connectivity index (χ0) is 17.0. The third kappa shape index (κ3) is 4.76. The van der Waals surface area contributed by atoms with Gasteiger partial charge in [0.15, 0.2) is 0 Å². The van der Waals surface area contributed by atoms with Crippen LogP contribution in [-0.2, 0) is 21.4 Å². The van der Waals surface area contributed by atoms with Gasteiger partial charge in [-0.1, -0.05) is 28.1 Å². The molecule has 0 aliphatic carbocycles. The topological polar surface area (TPSA) is 69.7 Å². The van der Waals surface area contributed by atoms with E-state index in [2.05, 4.69) is 26.1 Å². The first-order valence-corrected chi connectivity index (χ1v) is 9.85. The molecule has 1 saturated heterocycles. The van der Waals surface area contributed by atoms with E-state index in [-0.39, 0.29) is 10.7 Å². The van der Waals surface area contributed by atoms with Crippen molar-refractivity contribution in [2.24, 2.45) is 0 Å². The fourth-order valence-corrected chi connectivity index (χ4v) is 3.87. The number of piperazine rings is 1. The van der Waals surface area contributed by atoms with Crippen LogP contribution < -0.4 is 5.32 Å². The maximum Gasteiger partial charge on any atom is 0.243 e. The van der Waals surface area contributed by atoms with Gasteiger partial charge in [-0.3, -0.25) is 4.79 Å². The summed E-state index contributed by atoms with van der Waals surface area (Å²) in [5.41, 5.74) is 0.865. The Bertz CT molecular complexity index is 638.